The van der Waals surface area contributed by atoms with Crippen molar-refractivity contribution < 1.29 is 18.7 Å². The lowest BCUT2D eigenvalue weighted by Gasteiger charge is -2.25. The number of benzene rings is 2. The highest BCUT2D eigenvalue weighted by molar-refractivity contribution is 6.34. The Morgan fingerprint density at radius 2 is 1.64 bits per heavy atom. The van der Waals surface area contributed by atoms with Crippen LogP contribution in [0.15, 0.2) is 48.5 Å². The molecule has 2 heterocycles. The van der Waals surface area contributed by atoms with Crippen LogP contribution < -0.4 is 10.6 Å². The molecule has 2 N–H and O–H groups in total. The lowest BCUT2D eigenvalue weighted by atomic mass is 10.2. The highest BCUT2D eigenvalue weighted by Gasteiger charge is 2.21. The van der Waals surface area contributed by atoms with Gasteiger partial charge in [0, 0.05) is 24.5 Å². The minimum absolute atomic E-state index is 0.107. The fourth-order valence-electron chi connectivity index (χ4n) is 3.50. The van der Waals surface area contributed by atoms with E-state index in [1.807, 2.05) is 4.90 Å². The quantitative estimate of drug-likeness (QED) is 0.574. The number of halogens is 2. The topological polar surface area (TPSA) is 88.5 Å². The molecule has 2 amide bonds. The van der Waals surface area contributed by atoms with Crippen molar-refractivity contribution in [2.75, 3.05) is 43.5 Å². The fraction of sp³-hybridized carbons (Fsp3) is 0.261. The maximum atomic E-state index is 13.2. The van der Waals surface area contributed by atoms with E-state index >= 15 is 0 Å². The van der Waals surface area contributed by atoms with Crippen LogP contribution in [-0.4, -0.2) is 59.3 Å². The Kier molecular flexibility index (Phi) is 7.02. The molecule has 2 aromatic carbocycles. The smallest absolute Gasteiger partial charge is 0.260 e. The predicted octanol–water partition coefficient (Wildman–Crippen LogP) is 3.50. The number of amides is 2. The Labute approximate surface area is 195 Å². The van der Waals surface area contributed by atoms with Gasteiger partial charge < -0.3 is 15.4 Å². The van der Waals surface area contributed by atoms with Gasteiger partial charge in [-0.2, -0.15) is 5.10 Å². The first kappa shape index (κ1) is 22.9. The molecule has 172 valence electrons. The van der Waals surface area contributed by atoms with E-state index in [4.69, 9.17) is 16.3 Å². The van der Waals surface area contributed by atoms with E-state index in [0.717, 1.165) is 13.1 Å². The molecule has 0 aliphatic carbocycles. The number of aryl methyl sites for hydroxylation is 1. The molecule has 0 atom stereocenters. The number of hydrogen-bond acceptors (Lipinski definition) is 5. The van der Waals surface area contributed by atoms with Gasteiger partial charge >= 0.3 is 0 Å². The first-order valence-electron chi connectivity index (χ1n) is 10.4. The van der Waals surface area contributed by atoms with Crippen molar-refractivity contribution in [3.05, 3.63) is 70.8 Å². The average molecular weight is 472 g/mol. The number of carbonyl (C=O) groups excluding carboxylic acids is 2. The van der Waals surface area contributed by atoms with Crippen LogP contribution in [0.3, 0.4) is 0 Å². The highest BCUT2D eigenvalue weighted by Crippen LogP contribution is 2.25. The molecule has 10 heteroatoms. The van der Waals surface area contributed by atoms with Crippen LogP contribution >= 0.6 is 11.6 Å². The second-order valence-electron chi connectivity index (χ2n) is 7.61. The largest absolute Gasteiger partial charge is 0.379 e. The van der Waals surface area contributed by atoms with Crippen molar-refractivity contribution in [1.82, 2.24) is 14.7 Å². The van der Waals surface area contributed by atoms with Gasteiger partial charge in [0.15, 0.2) is 0 Å². The van der Waals surface area contributed by atoms with Gasteiger partial charge in [-0.05, 0) is 55.5 Å². The summed E-state index contributed by atoms with van der Waals surface area (Å²) in [4.78, 5) is 27.1. The molecule has 4 rings (SSSR count). The number of hydrogen-bond donors (Lipinski definition) is 2. The summed E-state index contributed by atoms with van der Waals surface area (Å²) >= 11 is 6.41. The summed E-state index contributed by atoms with van der Waals surface area (Å²) in [5.41, 5.74) is 2.37. The SMILES string of the molecule is Cc1nn(-c2ccc(F)cc2)c(Cl)c1C(=O)Nc1ccc(NC(=O)CN2CCOCC2)cc1. The summed E-state index contributed by atoms with van der Waals surface area (Å²) in [6.07, 6.45) is 0. The fourth-order valence-corrected chi connectivity index (χ4v) is 3.86. The molecule has 3 aromatic rings. The summed E-state index contributed by atoms with van der Waals surface area (Å²) in [5.74, 6) is -0.906. The van der Waals surface area contributed by atoms with Crippen LogP contribution in [0.2, 0.25) is 5.15 Å². The minimum atomic E-state index is -0.421. The van der Waals surface area contributed by atoms with Gasteiger partial charge in [-0.1, -0.05) is 11.6 Å². The third kappa shape index (κ3) is 5.57. The number of nitrogens with zero attached hydrogens (tertiary/aromatic N) is 3. The molecule has 0 unspecified atom stereocenters. The third-order valence-electron chi connectivity index (χ3n) is 5.20. The molecule has 1 aliphatic rings. The van der Waals surface area contributed by atoms with Gasteiger partial charge in [0.05, 0.1) is 31.1 Å². The van der Waals surface area contributed by atoms with E-state index in [0.29, 0.717) is 42.5 Å². The number of nitrogens with one attached hydrogen (secondary N) is 2. The zero-order valence-electron chi connectivity index (χ0n) is 18.0. The Bertz CT molecular complexity index is 1140. The van der Waals surface area contributed by atoms with E-state index < -0.39 is 5.91 Å². The van der Waals surface area contributed by atoms with Crippen molar-refractivity contribution in [2.45, 2.75) is 6.92 Å². The Hall–Kier alpha value is -3.27. The lowest BCUT2D eigenvalue weighted by molar-refractivity contribution is -0.118. The Morgan fingerprint density at radius 3 is 2.27 bits per heavy atom. The average Bonchev–Trinajstić information content (AvgIpc) is 3.10. The number of rotatable bonds is 6. The van der Waals surface area contributed by atoms with Crippen molar-refractivity contribution in [3.63, 3.8) is 0 Å². The van der Waals surface area contributed by atoms with E-state index in [2.05, 4.69) is 15.7 Å². The summed E-state index contributed by atoms with van der Waals surface area (Å²) in [6.45, 7) is 4.71. The maximum Gasteiger partial charge on any atom is 0.260 e. The normalized spacial score (nSPS) is 14.2. The molecule has 1 aliphatic heterocycles. The summed E-state index contributed by atoms with van der Waals surface area (Å²) in [5, 5.41) is 10.1. The number of anilines is 2. The van der Waals surface area contributed by atoms with Gasteiger partial charge in [0.2, 0.25) is 5.91 Å². The van der Waals surface area contributed by atoms with E-state index in [-0.39, 0.29) is 22.4 Å². The molecule has 33 heavy (non-hydrogen) atoms. The molecule has 0 bridgehead atoms. The van der Waals surface area contributed by atoms with Crippen LogP contribution in [0.5, 0.6) is 0 Å². The number of carbonyl (C=O) groups is 2. The molecule has 0 saturated carbocycles. The molecule has 0 spiro atoms. The lowest BCUT2D eigenvalue weighted by Crippen LogP contribution is -2.41. The zero-order valence-corrected chi connectivity index (χ0v) is 18.7. The third-order valence-corrected chi connectivity index (χ3v) is 5.55. The first-order valence-corrected chi connectivity index (χ1v) is 10.8. The highest BCUT2D eigenvalue weighted by atomic mass is 35.5. The second-order valence-corrected chi connectivity index (χ2v) is 7.97. The monoisotopic (exact) mass is 471 g/mol. The van der Waals surface area contributed by atoms with Crippen molar-refractivity contribution in [1.29, 1.82) is 0 Å². The van der Waals surface area contributed by atoms with Crippen LogP contribution in [0.25, 0.3) is 5.69 Å². The van der Waals surface area contributed by atoms with Gasteiger partial charge in [-0.15, -0.1) is 0 Å². The molecule has 1 saturated heterocycles. The first-order chi connectivity index (χ1) is 15.9. The number of aromatic nitrogens is 2. The van der Waals surface area contributed by atoms with Gasteiger partial charge in [-0.25, -0.2) is 9.07 Å². The van der Waals surface area contributed by atoms with Crippen LogP contribution in [0, 0.1) is 12.7 Å². The second kappa shape index (κ2) is 10.1. The van der Waals surface area contributed by atoms with Gasteiger partial charge in [0.1, 0.15) is 16.5 Å². The summed E-state index contributed by atoms with van der Waals surface area (Å²) in [6, 6.07) is 12.5. The van der Waals surface area contributed by atoms with E-state index in [1.54, 1.807) is 31.2 Å². The molecular weight excluding hydrogens is 449 g/mol. The Morgan fingerprint density at radius 1 is 1.03 bits per heavy atom. The summed E-state index contributed by atoms with van der Waals surface area (Å²) < 4.78 is 19.9. The molecule has 1 aromatic heterocycles. The van der Waals surface area contributed by atoms with Crippen molar-refractivity contribution >= 4 is 34.8 Å². The Balaban J connectivity index is 1.39. The summed E-state index contributed by atoms with van der Waals surface area (Å²) in [7, 11) is 0. The molecule has 8 nitrogen and oxygen atoms in total. The van der Waals surface area contributed by atoms with Crippen LogP contribution in [-0.2, 0) is 9.53 Å². The van der Waals surface area contributed by atoms with Gasteiger partial charge in [0.25, 0.3) is 5.91 Å². The van der Waals surface area contributed by atoms with Crippen molar-refractivity contribution in [3.8, 4) is 5.69 Å². The standard InChI is InChI=1S/C23H23ClFN5O3/c1-15-21(22(24)30(28-15)19-8-2-16(25)3-9-19)23(32)27-18-6-4-17(5-7-18)26-20(31)14-29-10-12-33-13-11-29/h2-9H,10-14H2,1H3,(H,26,31)(H,27,32). The predicted molar refractivity (Wildman–Crippen MR) is 124 cm³/mol. The molecular formula is C23H23ClFN5O3. The zero-order chi connectivity index (χ0) is 23.4. The van der Waals surface area contributed by atoms with E-state index in [1.165, 1.54) is 28.9 Å². The van der Waals surface area contributed by atoms with Gasteiger partial charge in [-0.3, -0.25) is 14.5 Å². The van der Waals surface area contributed by atoms with Crippen molar-refractivity contribution in [2.24, 2.45) is 0 Å². The molecule has 1 fully saturated rings. The number of morpholine rings is 1. The van der Waals surface area contributed by atoms with Crippen LogP contribution in [0.4, 0.5) is 15.8 Å². The van der Waals surface area contributed by atoms with E-state index in [9.17, 15) is 14.0 Å². The minimum Gasteiger partial charge on any atom is -0.379 e. The molecule has 0 radical (unpaired) electrons. The number of ether oxygens (including phenoxy) is 1. The van der Waals surface area contributed by atoms with Crippen LogP contribution in [0.1, 0.15) is 16.1 Å². The maximum absolute atomic E-state index is 13.2.